The van der Waals surface area contributed by atoms with Gasteiger partial charge in [-0.15, -0.1) is 11.3 Å². The van der Waals surface area contributed by atoms with Crippen molar-refractivity contribution in [2.24, 2.45) is 0 Å². The average Bonchev–Trinajstić information content (AvgIpc) is 2.93. The highest BCUT2D eigenvalue weighted by molar-refractivity contribution is 7.18. The number of carbonyl (C=O) groups is 2. The van der Waals surface area contributed by atoms with Crippen molar-refractivity contribution in [1.82, 2.24) is 4.90 Å². The minimum atomic E-state index is -0.554. The number of hydrogen-bond donors (Lipinski definition) is 1. The number of thiophene rings is 1. The van der Waals surface area contributed by atoms with Crippen molar-refractivity contribution in [3.8, 4) is 12.1 Å². The maximum Gasteiger partial charge on any atom is 0.341 e. The molecule has 0 atom stereocenters. The van der Waals surface area contributed by atoms with E-state index in [9.17, 15) is 9.59 Å². The topological polar surface area (TPSA) is 106 Å². The fraction of sp³-hybridized carbons (Fsp3) is 0.412. The molecule has 0 radical (unpaired) electrons. The maximum atomic E-state index is 12.7. The summed E-state index contributed by atoms with van der Waals surface area (Å²) in [6.45, 7) is 8.44. The second-order valence-electron chi connectivity index (χ2n) is 4.88. The Morgan fingerprint density at radius 1 is 1.24 bits per heavy atom. The summed E-state index contributed by atoms with van der Waals surface area (Å²) < 4.78 is 5.07. The van der Waals surface area contributed by atoms with Crippen LogP contribution in [0, 0.1) is 29.6 Å². The molecule has 1 rings (SSSR count). The Balaban J connectivity index is 3.40. The molecule has 1 aromatic rings. The Morgan fingerprint density at radius 2 is 1.84 bits per heavy atom. The second kappa shape index (κ2) is 9.45. The van der Waals surface area contributed by atoms with Crippen LogP contribution in [0.5, 0.6) is 0 Å². The lowest BCUT2D eigenvalue weighted by Crippen LogP contribution is -2.30. The Labute approximate surface area is 151 Å². The number of nitrogens with one attached hydrogen (secondary N) is 1. The summed E-state index contributed by atoms with van der Waals surface area (Å²) in [6, 6.07) is 3.45. The molecule has 7 nitrogen and oxygen atoms in total. The van der Waals surface area contributed by atoms with E-state index < -0.39 is 5.97 Å². The number of nitrogens with zero attached hydrogens (tertiary/aromatic N) is 3. The van der Waals surface area contributed by atoms with E-state index in [1.54, 1.807) is 30.9 Å². The molecule has 0 saturated heterocycles. The van der Waals surface area contributed by atoms with Gasteiger partial charge < -0.3 is 15.0 Å². The van der Waals surface area contributed by atoms with Crippen molar-refractivity contribution in [2.45, 2.75) is 27.7 Å². The zero-order valence-corrected chi connectivity index (χ0v) is 15.5. The van der Waals surface area contributed by atoms with Gasteiger partial charge in [0.2, 0.25) is 0 Å². The highest BCUT2D eigenvalue weighted by atomic mass is 32.1. The van der Waals surface area contributed by atoms with Gasteiger partial charge in [0.1, 0.15) is 22.7 Å². The molecule has 1 amide bonds. The number of hydrogen-bond acceptors (Lipinski definition) is 7. The quantitative estimate of drug-likeness (QED) is 0.591. The van der Waals surface area contributed by atoms with Crippen LogP contribution in [0.25, 0.3) is 0 Å². The lowest BCUT2D eigenvalue weighted by Gasteiger charge is -2.18. The first-order valence-electron chi connectivity index (χ1n) is 7.81. The molecule has 0 aliphatic rings. The van der Waals surface area contributed by atoms with E-state index >= 15 is 0 Å². The van der Waals surface area contributed by atoms with Gasteiger partial charge in [-0.05, 0) is 33.3 Å². The van der Waals surface area contributed by atoms with Crippen molar-refractivity contribution in [3.63, 3.8) is 0 Å². The van der Waals surface area contributed by atoms with Crippen LogP contribution in [-0.4, -0.2) is 36.5 Å². The largest absolute Gasteiger partial charge is 0.462 e. The van der Waals surface area contributed by atoms with Crippen molar-refractivity contribution in [1.29, 1.82) is 10.5 Å². The van der Waals surface area contributed by atoms with E-state index in [2.05, 4.69) is 5.32 Å². The van der Waals surface area contributed by atoms with Crippen LogP contribution >= 0.6 is 11.3 Å². The van der Waals surface area contributed by atoms with E-state index in [0.717, 1.165) is 11.3 Å². The number of rotatable bonds is 7. The van der Waals surface area contributed by atoms with Crippen LogP contribution in [0.15, 0.2) is 11.8 Å². The Kier molecular flexibility index (Phi) is 7.64. The fourth-order valence-corrected chi connectivity index (χ4v) is 3.28. The van der Waals surface area contributed by atoms with Crippen LogP contribution in [0.4, 0.5) is 5.00 Å². The predicted molar refractivity (Wildman–Crippen MR) is 95.2 cm³/mol. The van der Waals surface area contributed by atoms with E-state index in [4.69, 9.17) is 15.3 Å². The van der Waals surface area contributed by atoms with E-state index in [0.29, 0.717) is 28.5 Å². The third-order valence-electron chi connectivity index (χ3n) is 3.46. The van der Waals surface area contributed by atoms with Gasteiger partial charge in [0.25, 0.3) is 5.91 Å². The molecule has 0 unspecified atom stereocenters. The molecule has 0 bridgehead atoms. The van der Waals surface area contributed by atoms with Crippen LogP contribution in [0.2, 0.25) is 0 Å². The van der Waals surface area contributed by atoms with Gasteiger partial charge in [-0.1, -0.05) is 0 Å². The lowest BCUT2D eigenvalue weighted by molar-refractivity contribution is 0.0527. The highest BCUT2D eigenvalue weighted by Gasteiger charge is 2.27. The molecule has 0 saturated carbocycles. The van der Waals surface area contributed by atoms with Crippen molar-refractivity contribution >= 4 is 28.2 Å². The Hall–Kier alpha value is -2.84. The average molecular weight is 360 g/mol. The number of anilines is 1. The van der Waals surface area contributed by atoms with Crippen LogP contribution in [-0.2, 0) is 4.74 Å². The van der Waals surface area contributed by atoms with Crippen LogP contribution < -0.4 is 5.32 Å². The summed E-state index contributed by atoms with van der Waals surface area (Å²) in [6.07, 6.45) is 1.21. The summed E-state index contributed by atoms with van der Waals surface area (Å²) in [5, 5.41) is 20.8. The van der Waals surface area contributed by atoms with Crippen LogP contribution in [0.3, 0.4) is 0 Å². The molecule has 0 aliphatic heterocycles. The van der Waals surface area contributed by atoms with Gasteiger partial charge >= 0.3 is 5.97 Å². The number of allylic oxidation sites excluding steroid dienone is 1. The summed E-state index contributed by atoms with van der Waals surface area (Å²) in [7, 11) is 0. The summed E-state index contributed by atoms with van der Waals surface area (Å²) >= 11 is 1.10. The minimum absolute atomic E-state index is 0.141. The third kappa shape index (κ3) is 4.59. The van der Waals surface area contributed by atoms with E-state index in [-0.39, 0.29) is 23.7 Å². The summed E-state index contributed by atoms with van der Waals surface area (Å²) in [5.74, 6) is -0.725. The molecule has 1 heterocycles. The first kappa shape index (κ1) is 20.2. The lowest BCUT2D eigenvalue weighted by atomic mass is 10.1. The second-order valence-corrected chi connectivity index (χ2v) is 5.90. The normalized spacial score (nSPS) is 9.52. The number of carbonyl (C=O) groups excluding carboxylic acids is 2. The molecule has 0 spiro atoms. The number of esters is 1. The van der Waals surface area contributed by atoms with Gasteiger partial charge in [-0.2, -0.15) is 10.5 Å². The number of nitriles is 2. The van der Waals surface area contributed by atoms with E-state index in [1.165, 1.54) is 6.20 Å². The smallest absolute Gasteiger partial charge is 0.341 e. The molecule has 0 aromatic carbocycles. The molecule has 8 heteroatoms. The monoisotopic (exact) mass is 360 g/mol. The summed E-state index contributed by atoms with van der Waals surface area (Å²) in [5.41, 5.74) is 0.623. The third-order valence-corrected chi connectivity index (χ3v) is 4.67. The zero-order chi connectivity index (χ0) is 19.0. The van der Waals surface area contributed by atoms with Gasteiger partial charge in [-0.3, -0.25) is 4.79 Å². The van der Waals surface area contributed by atoms with E-state index in [1.807, 2.05) is 13.8 Å². The zero-order valence-electron chi connectivity index (χ0n) is 14.7. The predicted octanol–water partition coefficient (Wildman–Crippen LogP) is 3.06. The molecular formula is C17H20N4O3S. The van der Waals surface area contributed by atoms with Gasteiger partial charge in [-0.25, -0.2) is 4.79 Å². The SMILES string of the molecule is CCOC(=O)c1c(NC=C(C#N)C#N)sc(C(=O)N(CC)CC)c1C. The molecular weight excluding hydrogens is 340 g/mol. The van der Waals surface area contributed by atoms with Gasteiger partial charge in [0.15, 0.2) is 0 Å². The minimum Gasteiger partial charge on any atom is -0.462 e. The van der Waals surface area contributed by atoms with Crippen molar-refractivity contribution in [3.05, 3.63) is 27.8 Å². The molecule has 0 fully saturated rings. The Bertz CT molecular complexity index is 748. The van der Waals surface area contributed by atoms with Crippen molar-refractivity contribution < 1.29 is 14.3 Å². The Morgan fingerprint density at radius 3 is 2.32 bits per heavy atom. The first-order chi connectivity index (χ1) is 11.9. The van der Waals surface area contributed by atoms with Gasteiger partial charge in [0.05, 0.1) is 17.0 Å². The standard InChI is InChI=1S/C17H20N4O3S/c1-5-21(6-2)16(22)14-11(4)13(17(23)24-7-3)15(25-14)20-10-12(8-18)9-19/h10,20H,5-7H2,1-4H3. The number of ether oxygens (including phenoxy) is 1. The molecule has 0 aliphatic carbocycles. The summed E-state index contributed by atoms with van der Waals surface area (Å²) in [4.78, 5) is 27.0. The van der Waals surface area contributed by atoms with Crippen LogP contribution in [0.1, 0.15) is 46.4 Å². The number of amides is 1. The fourth-order valence-electron chi connectivity index (χ4n) is 2.15. The molecule has 1 N–H and O–H groups in total. The first-order valence-corrected chi connectivity index (χ1v) is 8.63. The highest BCUT2D eigenvalue weighted by Crippen LogP contribution is 2.34. The maximum absolute atomic E-state index is 12.7. The van der Waals surface area contributed by atoms with Crippen molar-refractivity contribution in [2.75, 3.05) is 25.0 Å². The molecule has 1 aromatic heterocycles. The van der Waals surface area contributed by atoms with Gasteiger partial charge in [0, 0.05) is 19.3 Å². The molecule has 25 heavy (non-hydrogen) atoms. The molecule has 132 valence electrons.